The summed E-state index contributed by atoms with van der Waals surface area (Å²) in [6.07, 6.45) is 0.312. The summed E-state index contributed by atoms with van der Waals surface area (Å²) in [7, 11) is 0. The minimum atomic E-state index is -0.208. The highest BCUT2D eigenvalue weighted by Gasteiger charge is 2.27. The Morgan fingerprint density at radius 1 is 1.18 bits per heavy atom. The Kier molecular flexibility index (Phi) is 4.11. The quantitative estimate of drug-likeness (QED) is 0.920. The standard InChI is InChI=1S/C17H15ClN2O2/c18-13-6-7-15-14(10-13)16(21)8-9-20(15)17(22)19-11-12-4-2-1-3-5-12/h1-7,10H,8-9,11H2,(H,19,22). The predicted octanol–water partition coefficient (Wildman–Crippen LogP) is 3.64. The van der Waals surface area contributed by atoms with Gasteiger partial charge in [0.15, 0.2) is 5.78 Å². The highest BCUT2D eigenvalue weighted by atomic mass is 35.5. The first kappa shape index (κ1) is 14.6. The predicted molar refractivity (Wildman–Crippen MR) is 86.4 cm³/mol. The van der Waals surface area contributed by atoms with Crippen LogP contribution >= 0.6 is 11.6 Å². The zero-order valence-electron chi connectivity index (χ0n) is 11.9. The monoisotopic (exact) mass is 314 g/mol. The Morgan fingerprint density at radius 3 is 2.73 bits per heavy atom. The van der Waals surface area contributed by atoms with Crippen LogP contribution in [0.1, 0.15) is 22.3 Å². The third kappa shape index (κ3) is 2.97. The fraction of sp³-hybridized carbons (Fsp3) is 0.176. The zero-order chi connectivity index (χ0) is 15.5. The molecule has 2 aromatic carbocycles. The van der Waals surface area contributed by atoms with E-state index in [1.807, 2.05) is 30.3 Å². The van der Waals surface area contributed by atoms with Crippen LogP contribution in [0.4, 0.5) is 10.5 Å². The van der Waals surface area contributed by atoms with Crippen LogP contribution in [0.25, 0.3) is 0 Å². The molecule has 4 nitrogen and oxygen atoms in total. The molecule has 0 saturated heterocycles. The number of nitrogens with zero attached hydrogens (tertiary/aromatic N) is 1. The number of ketones is 1. The molecular weight excluding hydrogens is 300 g/mol. The van der Waals surface area contributed by atoms with E-state index >= 15 is 0 Å². The second-order valence-corrected chi connectivity index (χ2v) is 5.57. The van der Waals surface area contributed by atoms with Crippen LogP contribution in [0.5, 0.6) is 0 Å². The molecule has 0 bridgehead atoms. The fourth-order valence-corrected chi connectivity index (χ4v) is 2.69. The number of hydrogen-bond acceptors (Lipinski definition) is 2. The molecular formula is C17H15ClN2O2. The van der Waals surface area contributed by atoms with Gasteiger partial charge in [0.05, 0.1) is 5.69 Å². The minimum absolute atomic E-state index is 0.0182. The summed E-state index contributed by atoms with van der Waals surface area (Å²) < 4.78 is 0. The number of halogens is 1. The maximum atomic E-state index is 12.4. The van der Waals surface area contributed by atoms with Crippen molar-refractivity contribution in [2.24, 2.45) is 0 Å². The highest BCUT2D eigenvalue weighted by molar-refractivity contribution is 6.31. The number of nitrogens with one attached hydrogen (secondary N) is 1. The maximum absolute atomic E-state index is 12.4. The van der Waals surface area contributed by atoms with Crippen LogP contribution in [0, 0.1) is 0 Å². The molecule has 112 valence electrons. The van der Waals surface area contributed by atoms with Crippen molar-refractivity contribution < 1.29 is 9.59 Å². The van der Waals surface area contributed by atoms with E-state index in [0.29, 0.717) is 35.8 Å². The van der Waals surface area contributed by atoms with E-state index in [1.165, 1.54) is 0 Å². The topological polar surface area (TPSA) is 49.4 Å². The van der Waals surface area contributed by atoms with Gasteiger partial charge in [0.2, 0.25) is 0 Å². The van der Waals surface area contributed by atoms with E-state index in [1.54, 1.807) is 23.1 Å². The van der Waals surface area contributed by atoms with E-state index in [-0.39, 0.29) is 11.8 Å². The summed E-state index contributed by atoms with van der Waals surface area (Å²) in [4.78, 5) is 26.0. The van der Waals surface area contributed by atoms with Gasteiger partial charge >= 0.3 is 6.03 Å². The molecule has 0 saturated carbocycles. The molecule has 0 aromatic heterocycles. The van der Waals surface area contributed by atoms with Crippen molar-refractivity contribution in [1.82, 2.24) is 5.32 Å². The Labute approximate surface area is 133 Å². The first-order chi connectivity index (χ1) is 10.6. The van der Waals surface area contributed by atoms with Gasteiger partial charge in [0.25, 0.3) is 0 Å². The lowest BCUT2D eigenvalue weighted by Crippen LogP contribution is -2.43. The Balaban J connectivity index is 1.77. The molecule has 0 atom stereocenters. The average molecular weight is 315 g/mol. The summed E-state index contributed by atoms with van der Waals surface area (Å²) in [6.45, 7) is 0.834. The summed E-state index contributed by atoms with van der Waals surface area (Å²) in [6, 6.07) is 14.5. The van der Waals surface area contributed by atoms with Crippen molar-refractivity contribution in [2.45, 2.75) is 13.0 Å². The average Bonchev–Trinajstić information content (AvgIpc) is 2.54. The van der Waals surface area contributed by atoms with Gasteiger partial charge in [0.1, 0.15) is 0 Å². The van der Waals surface area contributed by atoms with Crippen LogP contribution in [-0.2, 0) is 6.54 Å². The summed E-state index contributed by atoms with van der Waals surface area (Å²) in [5.41, 5.74) is 2.15. The third-order valence-corrected chi connectivity index (χ3v) is 3.88. The second-order valence-electron chi connectivity index (χ2n) is 5.13. The van der Waals surface area contributed by atoms with Crippen molar-refractivity contribution >= 4 is 29.1 Å². The number of Topliss-reactive ketones (excluding diaryl/α,β-unsaturated/α-hetero) is 1. The van der Waals surface area contributed by atoms with Gasteiger partial charge in [-0.2, -0.15) is 0 Å². The molecule has 22 heavy (non-hydrogen) atoms. The Hall–Kier alpha value is -2.33. The molecule has 0 spiro atoms. The molecule has 0 fully saturated rings. The first-order valence-electron chi connectivity index (χ1n) is 7.07. The number of fused-ring (bicyclic) bond motifs is 1. The van der Waals surface area contributed by atoms with Gasteiger partial charge in [-0.1, -0.05) is 41.9 Å². The van der Waals surface area contributed by atoms with Gasteiger partial charge in [-0.25, -0.2) is 4.79 Å². The molecule has 2 aromatic rings. The maximum Gasteiger partial charge on any atom is 0.322 e. The number of anilines is 1. The molecule has 1 aliphatic rings. The van der Waals surface area contributed by atoms with Crippen LogP contribution in [-0.4, -0.2) is 18.4 Å². The number of amides is 2. The van der Waals surface area contributed by atoms with Gasteiger partial charge in [-0.05, 0) is 23.8 Å². The van der Waals surface area contributed by atoms with Crippen LogP contribution < -0.4 is 10.2 Å². The van der Waals surface area contributed by atoms with Gasteiger partial charge < -0.3 is 5.32 Å². The van der Waals surface area contributed by atoms with E-state index < -0.39 is 0 Å². The second kappa shape index (κ2) is 6.20. The minimum Gasteiger partial charge on any atom is -0.334 e. The number of urea groups is 1. The third-order valence-electron chi connectivity index (χ3n) is 3.64. The molecule has 3 rings (SSSR count). The van der Waals surface area contributed by atoms with E-state index in [2.05, 4.69) is 5.32 Å². The SMILES string of the molecule is O=C1CCN(C(=O)NCc2ccccc2)c2ccc(Cl)cc21. The zero-order valence-corrected chi connectivity index (χ0v) is 12.6. The molecule has 0 unspecified atom stereocenters. The number of carbonyl (C=O) groups excluding carboxylic acids is 2. The van der Waals surface area contributed by atoms with Crippen molar-refractivity contribution in [1.29, 1.82) is 0 Å². The smallest absolute Gasteiger partial charge is 0.322 e. The lowest BCUT2D eigenvalue weighted by Gasteiger charge is -2.29. The molecule has 1 heterocycles. The molecule has 0 aliphatic carbocycles. The molecule has 0 radical (unpaired) electrons. The van der Waals surface area contributed by atoms with Crippen molar-refractivity contribution in [3.8, 4) is 0 Å². The van der Waals surface area contributed by atoms with Crippen LogP contribution in [0.2, 0.25) is 5.02 Å². The van der Waals surface area contributed by atoms with Crippen molar-refractivity contribution in [3.05, 3.63) is 64.7 Å². The first-order valence-corrected chi connectivity index (χ1v) is 7.45. The van der Waals surface area contributed by atoms with Crippen molar-refractivity contribution in [2.75, 3.05) is 11.4 Å². The molecule has 1 N–H and O–H groups in total. The number of rotatable bonds is 2. The van der Waals surface area contributed by atoms with Gasteiger partial charge in [0, 0.05) is 30.1 Å². The normalized spacial score (nSPS) is 13.7. The largest absolute Gasteiger partial charge is 0.334 e. The summed E-state index contributed by atoms with van der Waals surface area (Å²) in [5, 5.41) is 3.38. The lowest BCUT2D eigenvalue weighted by atomic mass is 10.0. The highest BCUT2D eigenvalue weighted by Crippen LogP contribution is 2.29. The molecule has 5 heteroatoms. The molecule has 2 amide bonds. The van der Waals surface area contributed by atoms with E-state index in [4.69, 9.17) is 11.6 Å². The summed E-state index contributed by atoms with van der Waals surface area (Å²) in [5.74, 6) is 0.0182. The van der Waals surface area contributed by atoms with Crippen molar-refractivity contribution in [3.63, 3.8) is 0 Å². The number of carbonyl (C=O) groups is 2. The fourth-order valence-electron chi connectivity index (χ4n) is 2.52. The van der Waals surface area contributed by atoms with Gasteiger partial charge in [-0.15, -0.1) is 0 Å². The van der Waals surface area contributed by atoms with Crippen LogP contribution in [0.15, 0.2) is 48.5 Å². The summed E-state index contributed by atoms with van der Waals surface area (Å²) >= 11 is 5.94. The van der Waals surface area contributed by atoms with Crippen LogP contribution in [0.3, 0.4) is 0 Å². The van der Waals surface area contributed by atoms with E-state index in [9.17, 15) is 9.59 Å². The van der Waals surface area contributed by atoms with E-state index in [0.717, 1.165) is 5.56 Å². The Morgan fingerprint density at radius 2 is 1.95 bits per heavy atom. The molecule has 1 aliphatic heterocycles. The number of benzene rings is 2. The van der Waals surface area contributed by atoms with Gasteiger partial charge in [-0.3, -0.25) is 9.69 Å². The number of hydrogen-bond donors (Lipinski definition) is 1. The lowest BCUT2D eigenvalue weighted by molar-refractivity contribution is 0.0981. The Bertz CT molecular complexity index is 716.